The van der Waals surface area contributed by atoms with Gasteiger partial charge >= 0.3 is 20.8 Å². The maximum absolute atomic E-state index is 12.7. The van der Waals surface area contributed by atoms with E-state index < -0.39 is 286 Å². The Morgan fingerprint density at radius 1 is 0.309 bits per heavy atom. The molecule has 758 valence electrons. The smallest absolute Gasteiger partial charge is 0.394 e. The molecule has 8 saturated heterocycles. The molecule has 136 heavy (non-hydrogen) atoms. The lowest BCUT2D eigenvalue weighted by Gasteiger charge is -2.52. The van der Waals surface area contributed by atoms with Crippen molar-refractivity contribution in [3.05, 3.63) is 175 Å². The molecule has 53 heteroatoms. The number of rotatable bonds is 46. The third-order valence-corrected chi connectivity index (χ3v) is 26.4. The molecule has 4 aromatic rings. The van der Waals surface area contributed by atoms with Gasteiger partial charge in [0.25, 0.3) is 0 Å². The second-order valence-electron chi connectivity index (χ2n) is 34.1. The van der Waals surface area contributed by atoms with Gasteiger partial charge in [0.1, 0.15) is 61.0 Å². The first kappa shape index (κ1) is 108. The molecule has 8 aliphatic heterocycles. The van der Waals surface area contributed by atoms with E-state index in [1.165, 1.54) is 27.9 Å². The van der Waals surface area contributed by atoms with Gasteiger partial charge in [-0.1, -0.05) is 198 Å². The van der Waals surface area contributed by atoms with Crippen molar-refractivity contribution >= 4 is 20.8 Å². The monoisotopic (exact) mass is 1980 g/mol. The molecule has 8 fully saturated rings. The van der Waals surface area contributed by atoms with Crippen LogP contribution in [-0.2, 0) is 190 Å². The predicted molar refractivity (Wildman–Crippen MR) is 450 cm³/mol. The van der Waals surface area contributed by atoms with Crippen molar-refractivity contribution in [1.82, 2.24) is 0 Å². The standard InChI is InChI=1S/C83H117N9O42S2/c1-40-41(2)76(105-11)118-56(38-110-135(99,100)101)61(40)120-81-73(128-132-96)71(109-37-53-30-22-15-23-31-53)68(49(10)113-81)126-79-60(89-92-86)45(6)64(57(119-79)39-111-136(102,103)104)123-83-75(130-134-98)70(108-36-52-28-20-14-21-29-52)67(48(9)115-83)125-78-59(88-91-85)44(5)63(55(33-94)117-78)122-82-74(129-133-97)69(107-35-51-26-18-13-19-27-51)66(47(8)114-82)124-77-58(87-90-84)43(4)62(54(32-93)116-77)121-80-72(127-131-95)65(42(3)46(7)112-80)106-34-50-24-16-12-17-25-50/h12-31,40-49,54-83,93-98H,32-39H2,1-11H3,(H,99,100,101)(H,102,103,104)/t40-,41?,42-,43-,44-,45-,46?,47?,48?,49?,54?,55?,56?,57?,58?,59?,60?,61+,62-,63+,64-,65-,66-,67-,68-,69-,70-,71-,72?,73?,74?,75?,76+,77+,78-,79-,80+,81+,82+,83+/m1/s1. The number of methoxy groups -OCH3 is 1. The number of aliphatic hydroxyl groups is 2. The largest absolute Gasteiger partial charge is 0.397 e. The van der Waals surface area contributed by atoms with Gasteiger partial charge in [-0.3, -0.25) is 9.11 Å². The van der Waals surface area contributed by atoms with E-state index in [4.69, 9.17) is 123 Å². The number of aliphatic hydroxyl groups excluding tert-OH is 2. The van der Waals surface area contributed by atoms with Crippen molar-refractivity contribution in [3.8, 4) is 0 Å². The molecule has 0 saturated carbocycles. The van der Waals surface area contributed by atoms with E-state index >= 15 is 0 Å². The summed E-state index contributed by atoms with van der Waals surface area (Å²) in [7, 11) is -9.05. The molecule has 16 unspecified atom stereocenters. The molecule has 8 N–H and O–H groups in total. The van der Waals surface area contributed by atoms with E-state index in [9.17, 15) is 73.8 Å². The molecule has 40 atom stereocenters. The highest BCUT2D eigenvalue weighted by Gasteiger charge is 2.61. The Morgan fingerprint density at radius 3 is 0.846 bits per heavy atom. The molecule has 8 heterocycles. The zero-order chi connectivity index (χ0) is 97.7. The number of nitrogens with zero attached hydrogens (tertiary/aromatic N) is 9. The lowest BCUT2D eigenvalue weighted by atomic mass is 9.84. The van der Waals surface area contributed by atoms with Crippen LogP contribution in [0.4, 0.5) is 0 Å². The first-order valence-electron chi connectivity index (χ1n) is 43.8. The average Bonchev–Trinajstić information content (AvgIpc) is 0.760. The summed E-state index contributed by atoms with van der Waals surface area (Å²) in [6.45, 7) is 12.3. The molecule has 0 bridgehead atoms. The van der Waals surface area contributed by atoms with Gasteiger partial charge in [-0.15, -0.1) is 0 Å². The van der Waals surface area contributed by atoms with Crippen molar-refractivity contribution in [2.24, 2.45) is 50.9 Å². The predicted octanol–water partition coefficient (Wildman–Crippen LogP) is 8.19. The third-order valence-electron chi connectivity index (χ3n) is 25.6. The summed E-state index contributed by atoms with van der Waals surface area (Å²) in [6, 6.07) is 30.9. The van der Waals surface area contributed by atoms with Crippen LogP contribution in [-0.4, -0.2) is 300 Å². The first-order chi connectivity index (χ1) is 65.4. The van der Waals surface area contributed by atoms with E-state index in [1.54, 1.807) is 133 Å². The van der Waals surface area contributed by atoms with Crippen LogP contribution in [0, 0.1) is 35.5 Å². The van der Waals surface area contributed by atoms with Gasteiger partial charge < -0.3 is 105 Å². The maximum atomic E-state index is 12.7. The Hall–Kier alpha value is -6.81. The summed E-state index contributed by atoms with van der Waals surface area (Å²) >= 11 is 0. The molecule has 0 aliphatic carbocycles. The van der Waals surface area contributed by atoms with E-state index in [0.717, 1.165) is 5.56 Å². The summed E-state index contributed by atoms with van der Waals surface area (Å²) in [4.78, 5) is 31.5. The third kappa shape index (κ3) is 27.3. The Bertz CT molecular complexity index is 4670. The Kier molecular flexibility index (Phi) is 40.7. The molecule has 0 spiro atoms. The van der Waals surface area contributed by atoms with Gasteiger partial charge in [0.15, 0.2) is 74.7 Å². The highest BCUT2D eigenvalue weighted by atomic mass is 32.3. The fraction of sp³-hybridized carbons (Fsp3) is 0.711. The Labute approximate surface area is 781 Å². The van der Waals surface area contributed by atoms with Gasteiger partial charge in [0.05, 0.1) is 126 Å². The number of benzene rings is 4. The van der Waals surface area contributed by atoms with Crippen molar-refractivity contribution in [3.63, 3.8) is 0 Å². The SMILES string of the molecule is CO[C@H]1OC(COS(=O)(=O)O)[C@@H](O[C@@H]2OC(C)[C@@H](O[C@H]3OC(COS(=O)(=O)O)[C@H](O[C@@H]4OC(C)[C@@H](O[C@H]5OC(CO)[C@@H](O[C@@H]6OC(C)[C@@H](O[C@@H]7OC(CO)[C@H](O[C@@H]8OC(C)[C@@H](C)[C@@H](OCc9ccccc9)C8OOO)[C@H](C)C7N=[N+]=[N-])[C@@H](OCc7ccccc7)C6OOO)[C@H](C)C5N=[N+]=[N-])[C@@H](OCc5ccccc5)C4OOO)[C@H](C)C3N=[N+]=[N-])[C@@H](OCc3ccccc3)C2OOO)[C@H](C)C1C. The van der Waals surface area contributed by atoms with E-state index in [1.807, 2.05) is 37.3 Å². The maximum Gasteiger partial charge on any atom is 0.397 e. The number of hydrogen-bond donors (Lipinski definition) is 8. The minimum absolute atomic E-state index is 0.124. The van der Waals surface area contributed by atoms with Crippen molar-refractivity contribution in [2.45, 2.75) is 305 Å². The summed E-state index contributed by atoms with van der Waals surface area (Å²) in [5.74, 6) is -4.70. The summed E-state index contributed by atoms with van der Waals surface area (Å²) in [5, 5.41) is 93.2. The molecule has 12 rings (SSSR count). The number of ether oxygens (including phenoxy) is 20. The lowest BCUT2D eigenvalue weighted by molar-refractivity contribution is -0.537. The molecule has 0 aromatic heterocycles. The van der Waals surface area contributed by atoms with Crippen LogP contribution in [0.2, 0.25) is 0 Å². The second-order valence-corrected chi connectivity index (χ2v) is 36.3. The fourth-order valence-corrected chi connectivity index (χ4v) is 18.8. The van der Waals surface area contributed by atoms with E-state index in [0.29, 0.717) is 16.7 Å². The van der Waals surface area contributed by atoms with Gasteiger partial charge in [-0.2, -0.15) is 36.4 Å². The van der Waals surface area contributed by atoms with Crippen LogP contribution in [0.25, 0.3) is 31.3 Å². The molecule has 4 aromatic carbocycles. The van der Waals surface area contributed by atoms with Gasteiger partial charge in [0.2, 0.25) is 0 Å². The molecular formula is C83H117N9O42S2. The molecular weight excluding hydrogens is 1860 g/mol. The van der Waals surface area contributed by atoms with Crippen LogP contribution >= 0.6 is 0 Å². The lowest BCUT2D eigenvalue weighted by Crippen LogP contribution is -2.66. The summed E-state index contributed by atoms with van der Waals surface area (Å²) in [6.07, 6.45) is -44.6. The van der Waals surface area contributed by atoms with Crippen LogP contribution in [0.15, 0.2) is 137 Å². The molecule has 8 aliphatic rings. The van der Waals surface area contributed by atoms with E-state index in [2.05, 4.69) is 50.2 Å². The average molecular weight is 1980 g/mol. The quantitative estimate of drug-likeness (QED) is 0.00516. The topological polar surface area (TPSA) is 653 Å². The fourth-order valence-electron chi connectivity index (χ4n) is 18.2. The minimum Gasteiger partial charge on any atom is -0.394 e. The summed E-state index contributed by atoms with van der Waals surface area (Å²) in [5.41, 5.74) is 33.7. The first-order valence-corrected chi connectivity index (χ1v) is 46.6. The molecule has 51 nitrogen and oxygen atoms in total. The molecule has 0 amide bonds. The Morgan fingerprint density at radius 2 is 0.566 bits per heavy atom. The van der Waals surface area contributed by atoms with Crippen LogP contribution in [0.3, 0.4) is 0 Å². The van der Waals surface area contributed by atoms with Crippen molar-refractivity contribution < 1.29 is 200 Å². The normalized spacial score (nSPS) is 39.0. The van der Waals surface area contributed by atoms with Crippen LogP contribution in [0.5, 0.6) is 0 Å². The van der Waals surface area contributed by atoms with Crippen LogP contribution in [0.1, 0.15) is 91.5 Å². The van der Waals surface area contributed by atoms with Gasteiger partial charge in [-0.05, 0) is 90.2 Å². The Balaban J connectivity index is 0.795. The summed E-state index contributed by atoms with van der Waals surface area (Å²) < 4.78 is 210. The zero-order valence-electron chi connectivity index (χ0n) is 75.6. The highest BCUT2D eigenvalue weighted by molar-refractivity contribution is 7.81. The van der Waals surface area contributed by atoms with Crippen molar-refractivity contribution in [1.29, 1.82) is 0 Å². The van der Waals surface area contributed by atoms with Gasteiger partial charge in [0, 0.05) is 33.7 Å². The second kappa shape index (κ2) is 51.2. The zero-order valence-corrected chi connectivity index (χ0v) is 77.2. The highest BCUT2D eigenvalue weighted by Crippen LogP contribution is 2.46. The minimum atomic E-state index is -5.36. The van der Waals surface area contributed by atoms with Gasteiger partial charge in [-0.25, -0.2) is 29.4 Å². The number of azide groups is 3. The van der Waals surface area contributed by atoms with Crippen molar-refractivity contribution in [2.75, 3.05) is 33.5 Å². The van der Waals surface area contributed by atoms with Crippen LogP contribution < -0.4 is 0 Å². The number of hydrogen-bond acceptors (Lipinski definition) is 43. The molecule has 0 radical (unpaired) electrons. The van der Waals surface area contributed by atoms with E-state index in [-0.39, 0.29) is 32.3 Å².